The first-order valence-electron chi connectivity index (χ1n) is 6.09. The zero-order chi connectivity index (χ0) is 12.5. The molecule has 1 fully saturated rings. The molecule has 0 aliphatic carbocycles. The fourth-order valence-corrected chi connectivity index (χ4v) is 3.07. The number of nitrogens with one attached hydrogen (secondary N) is 1. The van der Waals surface area contributed by atoms with Crippen LogP contribution >= 0.6 is 15.9 Å². The van der Waals surface area contributed by atoms with Gasteiger partial charge in [-0.15, -0.1) is 0 Å². The molecule has 0 radical (unpaired) electrons. The van der Waals surface area contributed by atoms with E-state index in [-0.39, 0.29) is 0 Å². The summed E-state index contributed by atoms with van der Waals surface area (Å²) in [5.74, 6) is 1.77. The third-order valence-corrected chi connectivity index (χ3v) is 4.10. The molecule has 0 bridgehead atoms. The highest BCUT2D eigenvalue weighted by atomic mass is 79.9. The van der Waals surface area contributed by atoms with Gasteiger partial charge in [0.15, 0.2) is 17.8 Å². The third-order valence-electron chi connectivity index (χ3n) is 3.45. The molecule has 1 N–H and O–H groups in total. The van der Waals surface area contributed by atoms with Gasteiger partial charge < -0.3 is 14.8 Å². The highest BCUT2D eigenvalue weighted by Gasteiger charge is 2.28. The number of benzene rings is 1. The Kier molecular flexibility index (Phi) is 3.26. The van der Waals surface area contributed by atoms with Gasteiger partial charge in [0.2, 0.25) is 0 Å². The van der Waals surface area contributed by atoms with Crippen molar-refractivity contribution in [1.29, 1.82) is 0 Å². The average Bonchev–Trinajstić information content (AvgIpc) is 2.91. The number of hydrogen-bond donors (Lipinski definition) is 1. The highest BCUT2D eigenvalue weighted by molar-refractivity contribution is 9.10. The highest BCUT2D eigenvalue weighted by Crippen LogP contribution is 2.44. The van der Waals surface area contributed by atoms with Gasteiger partial charge in [0.25, 0.3) is 0 Å². The molecule has 0 spiro atoms. The summed E-state index contributed by atoms with van der Waals surface area (Å²) in [5.41, 5.74) is 1.67. The van der Waals surface area contributed by atoms with E-state index in [2.05, 4.69) is 21.2 Å². The predicted molar refractivity (Wildman–Crippen MR) is 70.7 cm³/mol. The molecule has 1 aromatic carbocycles. The predicted octanol–water partition coefficient (Wildman–Crippen LogP) is 2.11. The molecule has 1 unspecified atom stereocenters. The number of halogens is 1. The van der Waals surface area contributed by atoms with Crippen LogP contribution in [0.3, 0.4) is 0 Å². The summed E-state index contributed by atoms with van der Waals surface area (Å²) in [6.45, 7) is 3.00. The number of carbonyl (C=O) groups is 1. The van der Waals surface area contributed by atoms with Crippen LogP contribution in [0, 0.1) is 0 Å². The number of hydrogen-bond acceptors (Lipinski definition) is 4. The molecule has 18 heavy (non-hydrogen) atoms. The van der Waals surface area contributed by atoms with Crippen LogP contribution in [-0.2, 0) is 0 Å². The van der Waals surface area contributed by atoms with E-state index in [1.165, 1.54) is 0 Å². The lowest BCUT2D eigenvalue weighted by atomic mass is 9.95. The Morgan fingerprint density at radius 2 is 2.11 bits per heavy atom. The fraction of sp³-hybridized carbons (Fsp3) is 0.462. The maximum absolute atomic E-state index is 11.2. The monoisotopic (exact) mass is 311 g/mol. The average molecular weight is 312 g/mol. The van der Waals surface area contributed by atoms with E-state index in [4.69, 9.17) is 9.47 Å². The van der Waals surface area contributed by atoms with Crippen molar-refractivity contribution in [3.05, 3.63) is 21.7 Å². The van der Waals surface area contributed by atoms with E-state index in [1.54, 1.807) is 0 Å². The van der Waals surface area contributed by atoms with Crippen LogP contribution in [0.4, 0.5) is 0 Å². The quantitative estimate of drug-likeness (QED) is 0.850. The molecular formula is C13H14BrNO3. The summed E-state index contributed by atoms with van der Waals surface area (Å²) < 4.78 is 12.1. The summed E-state index contributed by atoms with van der Waals surface area (Å²) in [7, 11) is 0. The van der Waals surface area contributed by atoms with Crippen LogP contribution in [0.1, 0.15) is 28.3 Å². The number of fused-ring (bicyclic) bond motifs is 1. The standard InChI is InChI=1S/C13H14BrNO3/c14-11-5-9(8-1-2-15-6-8)12-13(10(11)7-16)18-4-3-17-12/h5,7-8,15H,1-4,6H2. The Morgan fingerprint density at radius 1 is 1.33 bits per heavy atom. The molecule has 0 aromatic heterocycles. The summed E-state index contributed by atoms with van der Waals surface area (Å²) in [5, 5.41) is 3.34. The largest absolute Gasteiger partial charge is 0.486 e. The van der Waals surface area contributed by atoms with Crippen LogP contribution in [-0.4, -0.2) is 32.6 Å². The second kappa shape index (κ2) is 4.90. The smallest absolute Gasteiger partial charge is 0.173 e. The number of ether oxygens (including phenoxy) is 2. The van der Waals surface area contributed by atoms with E-state index in [0.29, 0.717) is 30.4 Å². The second-order valence-electron chi connectivity index (χ2n) is 4.52. The van der Waals surface area contributed by atoms with E-state index in [1.807, 2.05) is 6.07 Å². The van der Waals surface area contributed by atoms with Gasteiger partial charge in [-0.3, -0.25) is 4.79 Å². The minimum Gasteiger partial charge on any atom is -0.486 e. The van der Waals surface area contributed by atoms with Crippen molar-refractivity contribution in [2.24, 2.45) is 0 Å². The Bertz CT molecular complexity index is 484. The van der Waals surface area contributed by atoms with Gasteiger partial charge in [0, 0.05) is 22.5 Å². The fourth-order valence-electron chi connectivity index (χ4n) is 2.55. The summed E-state index contributed by atoms with van der Waals surface area (Å²) in [4.78, 5) is 11.2. The van der Waals surface area contributed by atoms with Gasteiger partial charge in [-0.25, -0.2) is 0 Å². The minimum absolute atomic E-state index is 0.428. The maximum atomic E-state index is 11.2. The number of aldehydes is 1. The van der Waals surface area contributed by atoms with E-state index in [9.17, 15) is 4.79 Å². The Balaban J connectivity index is 2.13. The summed E-state index contributed by atoms with van der Waals surface area (Å²) in [6, 6.07) is 1.99. The van der Waals surface area contributed by atoms with Crippen molar-refractivity contribution < 1.29 is 14.3 Å². The summed E-state index contributed by atoms with van der Waals surface area (Å²) >= 11 is 3.45. The van der Waals surface area contributed by atoms with Gasteiger partial charge in [-0.2, -0.15) is 0 Å². The molecule has 96 valence electrons. The number of rotatable bonds is 2. The lowest BCUT2D eigenvalue weighted by molar-refractivity contribution is 0.111. The lowest BCUT2D eigenvalue weighted by Crippen LogP contribution is -2.19. The van der Waals surface area contributed by atoms with Crippen LogP contribution < -0.4 is 14.8 Å². The van der Waals surface area contributed by atoms with Crippen LogP contribution in [0.15, 0.2) is 10.5 Å². The van der Waals surface area contributed by atoms with Crippen molar-refractivity contribution in [3.8, 4) is 11.5 Å². The maximum Gasteiger partial charge on any atom is 0.173 e. The minimum atomic E-state index is 0.428. The van der Waals surface area contributed by atoms with E-state index in [0.717, 1.165) is 41.6 Å². The third kappa shape index (κ3) is 1.91. The molecule has 0 saturated carbocycles. The molecule has 3 rings (SSSR count). The molecule has 5 heteroatoms. The Morgan fingerprint density at radius 3 is 2.78 bits per heavy atom. The topological polar surface area (TPSA) is 47.6 Å². The zero-order valence-corrected chi connectivity index (χ0v) is 11.5. The van der Waals surface area contributed by atoms with Gasteiger partial charge in [0.1, 0.15) is 13.2 Å². The lowest BCUT2D eigenvalue weighted by Gasteiger charge is -2.25. The summed E-state index contributed by atoms with van der Waals surface area (Å²) in [6.07, 6.45) is 1.90. The first-order chi connectivity index (χ1) is 8.81. The van der Waals surface area contributed by atoms with Crippen molar-refractivity contribution in [2.75, 3.05) is 26.3 Å². The van der Waals surface area contributed by atoms with Gasteiger partial charge in [-0.1, -0.05) is 0 Å². The molecule has 1 saturated heterocycles. The first kappa shape index (κ1) is 12.0. The molecule has 0 amide bonds. The molecule has 2 heterocycles. The number of carbonyl (C=O) groups excluding carboxylic acids is 1. The second-order valence-corrected chi connectivity index (χ2v) is 5.38. The Hall–Kier alpha value is -1.07. The molecule has 4 nitrogen and oxygen atoms in total. The van der Waals surface area contributed by atoms with Crippen molar-refractivity contribution in [3.63, 3.8) is 0 Å². The molecule has 1 aromatic rings. The SMILES string of the molecule is O=Cc1c(Br)cc(C2CCNC2)c2c1OCCO2. The van der Waals surface area contributed by atoms with E-state index < -0.39 is 0 Å². The first-order valence-corrected chi connectivity index (χ1v) is 6.88. The zero-order valence-electron chi connectivity index (χ0n) is 9.87. The normalized spacial score (nSPS) is 21.9. The van der Waals surface area contributed by atoms with Gasteiger partial charge >= 0.3 is 0 Å². The molecule has 2 aliphatic heterocycles. The molecular weight excluding hydrogens is 298 g/mol. The van der Waals surface area contributed by atoms with Crippen molar-refractivity contribution >= 4 is 22.2 Å². The van der Waals surface area contributed by atoms with Crippen molar-refractivity contribution in [2.45, 2.75) is 12.3 Å². The Labute approximate surface area is 114 Å². The van der Waals surface area contributed by atoms with Gasteiger partial charge in [-0.05, 0) is 35.0 Å². The molecule has 1 atom stereocenters. The van der Waals surface area contributed by atoms with Crippen molar-refractivity contribution in [1.82, 2.24) is 5.32 Å². The molecule has 2 aliphatic rings. The van der Waals surface area contributed by atoms with Crippen LogP contribution in [0.25, 0.3) is 0 Å². The van der Waals surface area contributed by atoms with Crippen LogP contribution in [0.5, 0.6) is 11.5 Å². The van der Waals surface area contributed by atoms with Crippen LogP contribution in [0.2, 0.25) is 0 Å². The van der Waals surface area contributed by atoms with E-state index >= 15 is 0 Å². The van der Waals surface area contributed by atoms with Gasteiger partial charge in [0.05, 0.1) is 5.56 Å².